The molecule has 0 atom stereocenters. The predicted molar refractivity (Wildman–Crippen MR) is 72.6 cm³/mol. The zero-order valence-corrected chi connectivity index (χ0v) is 11.5. The predicted octanol–water partition coefficient (Wildman–Crippen LogP) is 3.10. The molecule has 0 radical (unpaired) electrons. The Kier molecular flexibility index (Phi) is 5.81. The number of nitrogens with two attached hydrogens (primary N) is 1. The largest absolute Gasteiger partial charge is 0.398 e. The van der Waals surface area contributed by atoms with Gasteiger partial charge in [-0.15, -0.1) is 17.0 Å². The summed E-state index contributed by atoms with van der Waals surface area (Å²) in [5.41, 5.74) is 6.50. The summed E-state index contributed by atoms with van der Waals surface area (Å²) in [6.45, 7) is 1.14. The van der Waals surface area contributed by atoms with Gasteiger partial charge in [0.05, 0.1) is 0 Å². The molecule has 0 saturated heterocycles. The van der Waals surface area contributed by atoms with Crippen LogP contribution in [0.2, 0.25) is 0 Å². The number of halogens is 1. The molecule has 1 aliphatic carbocycles. The highest BCUT2D eigenvalue weighted by Crippen LogP contribution is 2.25. The van der Waals surface area contributed by atoms with Crippen LogP contribution in [-0.4, -0.2) is 0 Å². The number of nitrogen functional groups attached to an aromatic ring is 1. The maximum Gasteiger partial charge on any atom is 0.170 e. The minimum Gasteiger partial charge on any atom is -0.398 e. The van der Waals surface area contributed by atoms with Crippen LogP contribution in [0.5, 0.6) is 0 Å². The lowest BCUT2D eigenvalue weighted by Crippen LogP contribution is -2.33. The summed E-state index contributed by atoms with van der Waals surface area (Å²) in [5, 5.41) is 0. The van der Waals surface area contributed by atoms with Gasteiger partial charge < -0.3 is 5.73 Å². The highest BCUT2D eigenvalue weighted by Gasteiger charge is 2.14. The Morgan fingerprint density at radius 3 is 2.38 bits per heavy atom. The summed E-state index contributed by atoms with van der Waals surface area (Å²) in [6.07, 6.45) is 12.7. The molecule has 0 spiro atoms. The molecule has 0 aliphatic heterocycles. The smallest absolute Gasteiger partial charge is 0.170 e. The van der Waals surface area contributed by atoms with Crippen LogP contribution in [-0.2, 0) is 6.54 Å². The van der Waals surface area contributed by atoms with E-state index in [0.717, 1.165) is 18.2 Å². The van der Waals surface area contributed by atoms with Crippen LogP contribution in [0.15, 0.2) is 24.5 Å². The zero-order chi connectivity index (χ0) is 10.5. The fourth-order valence-corrected chi connectivity index (χ4v) is 2.43. The van der Waals surface area contributed by atoms with Gasteiger partial charge in [-0.2, -0.15) is 0 Å². The third kappa shape index (κ3) is 4.12. The lowest BCUT2D eigenvalue weighted by Gasteiger charge is -2.19. The average molecular weight is 286 g/mol. The number of pyridine rings is 1. The second kappa shape index (κ2) is 6.89. The number of rotatable bonds is 3. The summed E-state index contributed by atoms with van der Waals surface area (Å²) in [4.78, 5) is 0. The normalized spacial score (nSPS) is 16.8. The average Bonchev–Trinajstić information content (AvgIpc) is 2.30. The van der Waals surface area contributed by atoms with Crippen molar-refractivity contribution < 1.29 is 4.57 Å². The molecule has 1 aromatic rings. The number of anilines is 1. The molecule has 1 aliphatic rings. The van der Waals surface area contributed by atoms with Crippen molar-refractivity contribution in [3.63, 3.8) is 0 Å². The molecule has 0 amide bonds. The Hall–Kier alpha value is -0.570. The van der Waals surface area contributed by atoms with Gasteiger partial charge >= 0.3 is 0 Å². The van der Waals surface area contributed by atoms with Crippen LogP contribution >= 0.6 is 17.0 Å². The van der Waals surface area contributed by atoms with E-state index in [0.29, 0.717) is 0 Å². The van der Waals surface area contributed by atoms with Gasteiger partial charge in [-0.25, -0.2) is 4.57 Å². The van der Waals surface area contributed by atoms with E-state index in [4.69, 9.17) is 5.73 Å². The van der Waals surface area contributed by atoms with E-state index in [1.54, 1.807) is 0 Å². The van der Waals surface area contributed by atoms with Gasteiger partial charge in [0.1, 0.15) is 6.54 Å². The topological polar surface area (TPSA) is 29.9 Å². The standard InChI is InChI=1S/C13H20N2.BrH/c14-13-7-10-15(11-8-13)9-6-12-4-2-1-3-5-12;/h7-8,10-12,14H,1-6,9H2;1H/p+1. The van der Waals surface area contributed by atoms with Crippen LogP contribution in [0.3, 0.4) is 0 Å². The summed E-state index contributed by atoms with van der Waals surface area (Å²) in [7, 11) is 0. The molecular weight excluding hydrogens is 264 g/mol. The summed E-state index contributed by atoms with van der Waals surface area (Å²) in [6, 6.07) is 3.95. The molecule has 0 unspecified atom stereocenters. The van der Waals surface area contributed by atoms with Crippen LogP contribution in [0.25, 0.3) is 0 Å². The van der Waals surface area contributed by atoms with E-state index in [9.17, 15) is 0 Å². The fraction of sp³-hybridized carbons (Fsp3) is 0.615. The minimum atomic E-state index is 0. The molecule has 0 bridgehead atoms. The van der Waals surface area contributed by atoms with Crippen molar-refractivity contribution >= 4 is 22.7 Å². The third-order valence-electron chi connectivity index (χ3n) is 3.44. The van der Waals surface area contributed by atoms with Crippen LogP contribution in [0.4, 0.5) is 5.69 Å². The Labute approximate surface area is 109 Å². The number of aryl methyl sites for hydroxylation is 1. The Morgan fingerprint density at radius 1 is 1.12 bits per heavy atom. The Bertz CT molecular complexity index is 291. The van der Waals surface area contributed by atoms with Crippen molar-refractivity contribution in [2.24, 2.45) is 5.92 Å². The number of hydrogen-bond donors (Lipinski definition) is 1. The van der Waals surface area contributed by atoms with Crippen molar-refractivity contribution in [1.29, 1.82) is 0 Å². The summed E-state index contributed by atoms with van der Waals surface area (Å²) < 4.78 is 2.24. The molecule has 16 heavy (non-hydrogen) atoms. The summed E-state index contributed by atoms with van der Waals surface area (Å²) in [5.74, 6) is 0.962. The molecule has 1 heterocycles. The van der Waals surface area contributed by atoms with Crippen LogP contribution in [0, 0.1) is 5.92 Å². The molecular formula is C13H22BrN2+. The Morgan fingerprint density at radius 2 is 1.75 bits per heavy atom. The molecule has 2 nitrogen and oxygen atoms in total. The van der Waals surface area contributed by atoms with E-state index in [1.807, 2.05) is 12.1 Å². The molecule has 2 rings (SSSR count). The molecule has 1 aromatic heterocycles. The highest BCUT2D eigenvalue weighted by atomic mass is 79.9. The maximum absolute atomic E-state index is 5.65. The van der Waals surface area contributed by atoms with E-state index >= 15 is 0 Å². The highest BCUT2D eigenvalue weighted by molar-refractivity contribution is 8.93. The van der Waals surface area contributed by atoms with E-state index < -0.39 is 0 Å². The first-order chi connectivity index (χ1) is 7.34. The van der Waals surface area contributed by atoms with Gasteiger partial charge in [0.25, 0.3) is 0 Å². The zero-order valence-electron chi connectivity index (χ0n) is 9.77. The number of hydrogen-bond acceptors (Lipinski definition) is 1. The third-order valence-corrected chi connectivity index (χ3v) is 3.44. The van der Waals surface area contributed by atoms with E-state index in [2.05, 4.69) is 17.0 Å². The van der Waals surface area contributed by atoms with Gasteiger partial charge in [0, 0.05) is 24.2 Å². The fourth-order valence-electron chi connectivity index (χ4n) is 2.43. The summed E-state index contributed by atoms with van der Waals surface area (Å²) >= 11 is 0. The molecule has 1 fully saturated rings. The lowest BCUT2D eigenvalue weighted by molar-refractivity contribution is -0.698. The van der Waals surface area contributed by atoms with Crippen molar-refractivity contribution in [3.05, 3.63) is 24.5 Å². The SMILES string of the molecule is Br.Nc1cc[n+](CCC2CCCCC2)cc1. The van der Waals surface area contributed by atoms with Crippen LogP contribution < -0.4 is 10.3 Å². The Balaban J connectivity index is 0.00000128. The first-order valence-corrected chi connectivity index (χ1v) is 6.09. The minimum absolute atomic E-state index is 0. The van der Waals surface area contributed by atoms with Crippen LogP contribution in [0.1, 0.15) is 38.5 Å². The van der Waals surface area contributed by atoms with E-state index in [1.165, 1.54) is 38.5 Å². The molecule has 3 heteroatoms. The van der Waals surface area contributed by atoms with Gasteiger partial charge in [-0.3, -0.25) is 0 Å². The van der Waals surface area contributed by atoms with Gasteiger partial charge in [0.2, 0.25) is 0 Å². The van der Waals surface area contributed by atoms with Crippen molar-refractivity contribution in [2.75, 3.05) is 5.73 Å². The van der Waals surface area contributed by atoms with Crippen molar-refractivity contribution in [2.45, 2.75) is 45.1 Å². The monoisotopic (exact) mass is 285 g/mol. The van der Waals surface area contributed by atoms with Crippen molar-refractivity contribution in [1.82, 2.24) is 0 Å². The second-order valence-electron chi connectivity index (χ2n) is 4.66. The van der Waals surface area contributed by atoms with E-state index in [-0.39, 0.29) is 17.0 Å². The molecule has 0 aromatic carbocycles. The van der Waals surface area contributed by atoms with Gasteiger partial charge in [-0.05, 0) is 5.92 Å². The van der Waals surface area contributed by atoms with Gasteiger partial charge in [0.15, 0.2) is 12.4 Å². The molecule has 2 N–H and O–H groups in total. The number of nitrogens with zero attached hydrogens (tertiary/aromatic N) is 1. The quantitative estimate of drug-likeness (QED) is 0.850. The maximum atomic E-state index is 5.65. The van der Waals surface area contributed by atoms with Gasteiger partial charge in [-0.1, -0.05) is 32.1 Å². The second-order valence-corrected chi connectivity index (χ2v) is 4.66. The first-order valence-electron chi connectivity index (χ1n) is 6.09. The van der Waals surface area contributed by atoms with Crippen molar-refractivity contribution in [3.8, 4) is 0 Å². The molecule has 1 saturated carbocycles. The number of aromatic nitrogens is 1. The first kappa shape index (κ1) is 13.5. The lowest BCUT2D eigenvalue weighted by atomic mass is 9.87. The molecule has 90 valence electrons.